The molecule has 0 spiro atoms. The van der Waals surface area contributed by atoms with E-state index in [0.29, 0.717) is 11.4 Å². The van der Waals surface area contributed by atoms with Gasteiger partial charge in [0.2, 0.25) is 0 Å². The smallest absolute Gasteiger partial charge is 0.195 e. The third-order valence-electron chi connectivity index (χ3n) is 1.18. The van der Waals surface area contributed by atoms with Crippen molar-refractivity contribution in [2.75, 3.05) is 0 Å². The summed E-state index contributed by atoms with van der Waals surface area (Å²) < 4.78 is 0.987. The van der Waals surface area contributed by atoms with E-state index in [9.17, 15) is 0 Å². The zero-order chi connectivity index (χ0) is 8.27. The number of hydrogen-bond acceptors (Lipinski definition) is 0. The van der Waals surface area contributed by atoms with Crippen molar-refractivity contribution in [2.45, 2.75) is 0 Å². The van der Waals surface area contributed by atoms with Gasteiger partial charge in [0.05, 0.1) is 13.1 Å². The molecule has 0 N–H and O–H groups in total. The fourth-order valence-corrected chi connectivity index (χ4v) is 1.16. The Bertz CT molecular complexity index is 357. The quantitative estimate of drug-likeness (QED) is 0.495. The van der Waals surface area contributed by atoms with E-state index in [1.54, 1.807) is 12.1 Å². The van der Waals surface area contributed by atoms with E-state index in [4.69, 9.17) is 13.1 Å². The van der Waals surface area contributed by atoms with Crippen molar-refractivity contribution in [1.82, 2.24) is 0 Å². The van der Waals surface area contributed by atoms with Crippen molar-refractivity contribution < 1.29 is 0 Å². The lowest BCUT2D eigenvalue weighted by Crippen LogP contribution is -1.67. The summed E-state index contributed by atoms with van der Waals surface area (Å²) in [6.45, 7) is 13.5. The van der Waals surface area contributed by atoms with Crippen LogP contribution in [-0.4, -0.2) is 0 Å². The average Bonchev–Trinajstić information content (AvgIpc) is 2.04. The Morgan fingerprint density at radius 2 is 1.73 bits per heavy atom. The molecule has 0 aliphatic carbocycles. The standard InChI is InChI=1S/C8H3IN2/c1-10-7-4-3-6(9)5-8(7)11-2/h3-5H. The fraction of sp³-hybridized carbons (Fsp3) is 0. The molecule has 0 bridgehead atoms. The van der Waals surface area contributed by atoms with Gasteiger partial charge in [-0.3, -0.25) is 9.69 Å². The molecular weight excluding hydrogens is 251 g/mol. The van der Waals surface area contributed by atoms with Crippen LogP contribution < -0.4 is 0 Å². The zero-order valence-electron chi connectivity index (χ0n) is 5.50. The highest BCUT2D eigenvalue weighted by Crippen LogP contribution is 2.29. The third-order valence-corrected chi connectivity index (χ3v) is 1.85. The van der Waals surface area contributed by atoms with Gasteiger partial charge in [0.15, 0.2) is 11.4 Å². The van der Waals surface area contributed by atoms with Crippen LogP contribution in [0.25, 0.3) is 9.69 Å². The Morgan fingerprint density at radius 1 is 1.09 bits per heavy atom. The van der Waals surface area contributed by atoms with Crippen molar-refractivity contribution >= 4 is 34.0 Å². The normalized spacial score (nSPS) is 8.27. The molecule has 0 fully saturated rings. The first-order chi connectivity index (χ1) is 5.27. The topological polar surface area (TPSA) is 8.72 Å². The maximum absolute atomic E-state index is 6.76. The van der Waals surface area contributed by atoms with E-state index in [1.165, 1.54) is 0 Å². The summed E-state index contributed by atoms with van der Waals surface area (Å²) in [5.41, 5.74) is 0.868. The summed E-state index contributed by atoms with van der Waals surface area (Å²) in [5, 5.41) is 0. The molecule has 0 heterocycles. The molecule has 0 atom stereocenters. The summed E-state index contributed by atoms with van der Waals surface area (Å²) in [7, 11) is 0. The molecule has 0 unspecified atom stereocenters. The number of rotatable bonds is 0. The van der Waals surface area contributed by atoms with Crippen LogP contribution in [0.2, 0.25) is 0 Å². The number of hydrogen-bond donors (Lipinski definition) is 0. The maximum atomic E-state index is 6.76. The molecule has 0 saturated heterocycles. The van der Waals surface area contributed by atoms with Crippen LogP contribution in [-0.2, 0) is 0 Å². The first-order valence-corrected chi connectivity index (χ1v) is 3.90. The molecule has 3 heteroatoms. The molecule has 1 rings (SSSR count). The Labute approximate surface area is 78.6 Å². The zero-order valence-corrected chi connectivity index (χ0v) is 7.66. The average molecular weight is 254 g/mol. The molecule has 0 radical (unpaired) electrons. The second-order valence-corrected chi connectivity index (χ2v) is 3.10. The predicted octanol–water partition coefficient (Wildman–Crippen LogP) is 3.39. The Morgan fingerprint density at radius 3 is 2.27 bits per heavy atom. The first kappa shape index (κ1) is 8.03. The lowest BCUT2D eigenvalue weighted by molar-refractivity contribution is 1.66. The highest BCUT2D eigenvalue weighted by Gasteiger charge is 2.00. The fourth-order valence-electron chi connectivity index (χ4n) is 0.681. The lowest BCUT2D eigenvalue weighted by atomic mass is 10.3. The summed E-state index contributed by atoms with van der Waals surface area (Å²) >= 11 is 2.12. The van der Waals surface area contributed by atoms with E-state index in [0.717, 1.165) is 3.57 Å². The molecule has 0 saturated carbocycles. The highest BCUT2D eigenvalue weighted by atomic mass is 127. The lowest BCUT2D eigenvalue weighted by Gasteiger charge is -1.93. The van der Waals surface area contributed by atoms with Gasteiger partial charge in [0, 0.05) is 0 Å². The predicted molar refractivity (Wildman–Crippen MR) is 51.7 cm³/mol. The van der Waals surface area contributed by atoms with Crippen LogP contribution in [0.5, 0.6) is 0 Å². The van der Waals surface area contributed by atoms with Crippen LogP contribution in [0.3, 0.4) is 0 Å². The SMILES string of the molecule is [C-]#[N+]c1ccc(I)cc1[N+]#[C-]. The Kier molecular flexibility index (Phi) is 2.45. The largest absolute Gasteiger partial charge is 0.250 e. The second-order valence-electron chi connectivity index (χ2n) is 1.86. The molecule has 0 aromatic heterocycles. The Hall–Kier alpha value is -1.07. The van der Waals surface area contributed by atoms with Crippen molar-refractivity contribution in [3.05, 3.63) is 44.6 Å². The minimum absolute atomic E-state index is 0.431. The summed E-state index contributed by atoms with van der Waals surface area (Å²) in [4.78, 5) is 6.45. The van der Waals surface area contributed by atoms with E-state index in [2.05, 4.69) is 32.3 Å². The van der Waals surface area contributed by atoms with E-state index in [-0.39, 0.29) is 0 Å². The molecule has 1 aromatic rings. The molecule has 0 aliphatic heterocycles. The van der Waals surface area contributed by atoms with Gasteiger partial charge in [-0.15, -0.1) is 0 Å². The van der Waals surface area contributed by atoms with Gasteiger partial charge in [0.1, 0.15) is 0 Å². The van der Waals surface area contributed by atoms with Gasteiger partial charge in [-0.1, -0.05) is 18.2 Å². The third kappa shape index (κ3) is 1.69. The molecule has 2 nitrogen and oxygen atoms in total. The minimum Gasteiger partial charge on any atom is -0.250 e. The van der Waals surface area contributed by atoms with Gasteiger partial charge >= 0.3 is 0 Å². The van der Waals surface area contributed by atoms with Crippen molar-refractivity contribution in [2.24, 2.45) is 0 Å². The van der Waals surface area contributed by atoms with Crippen molar-refractivity contribution in [3.8, 4) is 0 Å². The second kappa shape index (κ2) is 3.36. The number of benzene rings is 1. The summed E-state index contributed by atoms with van der Waals surface area (Å²) in [6, 6.07) is 5.20. The van der Waals surface area contributed by atoms with Crippen LogP contribution in [0.1, 0.15) is 0 Å². The van der Waals surface area contributed by atoms with Crippen LogP contribution in [0.15, 0.2) is 18.2 Å². The van der Waals surface area contributed by atoms with Crippen molar-refractivity contribution in [3.63, 3.8) is 0 Å². The maximum Gasteiger partial charge on any atom is 0.195 e. The Balaban J connectivity index is 3.34. The first-order valence-electron chi connectivity index (χ1n) is 2.82. The summed E-state index contributed by atoms with van der Waals surface area (Å²) in [5.74, 6) is 0. The molecular formula is C8H3IN2. The van der Waals surface area contributed by atoms with Crippen LogP contribution in [0, 0.1) is 16.7 Å². The molecule has 52 valence electrons. The van der Waals surface area contributed by atoms with Gasteiger partial charge in [-0.25, -0.2) is 0 Å². The van der Waals surface area contributed by atoms with Gasteiger partial charge in [-0.05, 0) is 26.2 Å². The van der Waals surface area contributed by atoms with E-state index < -0.39 is 0 Å². The van der Waals surface area contributed by atoms with Gasteiger partial charge in [-0.2, -0.15) is 0 Å². The monoisotopic (exact) mass is 254 g/mol. The highest BCUT2D eigenvalue weighted by molar-refractivity contribution is 14.1. The molecule has 0 aliphatic rings. The molecule has 11 heavy (non-hydrogen) atoms. The van der Waals surface area contributed by atoms with Crippen molar-refractivity contribution in [1.29, 1.82) is 0 Å². The number of nitrogens with zero attached hydrogens (tertiary/aromatic N) is 2. The minimum atomic E-state index is 0.431. The van der Waals surface area contributed by atoms with E-state index in [1.807, 2.05) is 6.07 Å². The molecule has 0 amide bonds. The van der Waals surface area contributed by atoms with Gasteiger partial charge < -0.3 is 0 Å². The molecule has 1 aromatic carbocycles. The number of halogens is 1. The van der Waals surface area contributed by atoms with Gasteiger partial charge in [0.25, 0.3) is 0 Å². The van der Waals surface area contributed by atoms with Crippen LogP contribution >= 0.6 is 22.6 Å². The van der Waals surface area contributed by atoms with Crippen LogP contribution in [0.4, 0.5) is 11.4 Å². The van der Waals surface area contributed by atoms with E-state index >= 15 is 0 Å². The summed E-state index contributed by atoms with van der Waals surface area (Å²) in [6.07, 6.45) is 0.